The van der Waals surface area contributed by atoms with E-state index in [-0.39, 0.29) is 23.7 Å². The molecule has 2 aromatic heterocycles. The summed E-state index contributed by atoms with van der Waals surface area (Å²) in [6.07, 6.45) is 1.71. The minimum Gasteiger partial charge on any atom is -0.379 e. The summed E-state index contributed by atoms with van der Waals surface area (Å²) in [6.45, 7) is 2.80. The quantitative estimate of drug-likeness (QED) is 0.778. The highest BCUT2D eigenvalue weighted by Gasteiger charge is 2.38. The number of likely N-dealkylation sites (tertiary alicyclic amines) is 1. The fourth-order valence-corrected chi connectivity index (χ4v) is 3.66. The van der Waals surface area contributed by atoms with Crippen LogP contribution >= 0.6 is 0 Å². The van der Waals surface area contributed by atoms with Gasteiger partial charge in [0.15, 0.2) is 0 Å². The Morgan fingerprint density at radius 1 is 1.35 bits per heavy atom. The molecule has 1 amide bonds. The number of hydrogen-bond donors (Lipinski definition) is 1. The lowest BCUT2D eigenvalue weighted by Gasteiger charge is -2.14. The van der Waals surface area contributed by atoms with Gasteiger partial charge in [-0.2, -0.15) is 0 Å². The maximum absolute atomic E-state index is 13.6. The van der Waals surface area contributed by atoms with Gasteiger partial charge in [-0.25, -0.2) is 4.39 Å². The van der Waals surface area contributed by atoms with Crippen LogP contribution in [0.1, 0.15) is 27.7 Å². The largest absolute Gasteiger partial charge is 0.379 e. The second-order valence-corrected chi connectivity index (χ2v) is 6.77. The molecular formula is C18H20FN5O2. The van der Waals surface area contributed by atoms with Crippen LogP contribution in [0.2, 0.25) is 0 Å². The molecule has 0 unspecified atom stereocenters. The van der Waals surface area contributed by atoms with E-state index in [0.29, 0.717) is 24.3 Å². The van der Waals surface area contributed by atoms with Crippen LogP contribution in [0.15, 0.2) is 24.4 Å². The van der Waals surface area contributed by atoms with Gasteiger partial charge in [-0.15, -0.1) is 5.10 Å². The maximum atomic E-state index is 13.6. The first kappa shape index (κ1) is 16.7. The predicted molar refractivity (Wildman–Crippen MR) is 93.4 cm³/mol. The van der Waals surface area contributed by atoms with Crippen LogP contribution in [0.4, 0.5) is 4.39 Å². The SMILES string of the molecule is CO[C@@H]1CN(C(=O)c2cc3c(C)cc(F)cc3[nH]2)C[C@H]1c1cn(C)nn1. The fourth-order valence-electron chi connectivity index (χ4n) is 3.66. The Morgan fingerprint density at radius 2 is 2.15 bits per heavy atom. The van der Waals surface area contributed by atoms with Crippen molar-refractivity contribution in [1.82, 2.24) is 24.9 Å². The molecule has 0 spiro atoms. The molecule has 1 aromatic carbocycles. The van der Waals surface area contributed by atoms with E-state index in [1.54, 1.807) is 22.8 Å². The number of amides is 1. The zero-order chi connectivity index (χ0) is 18.4. The van der Waals surface area contributed by atoms with E-state index in [0.717, 1.165) is 16.6 Å². The van der Waals surface area contributed by atoms with E-state index < -0.39 is 0 Å². The van der Waals surface area contributed by atoms with Gasteiger partial charge in [0.05, 0.1) is 17.7 Å². The summed E-state index contributed by atoms with van der Waals surface area (Å²) < 4.78 is 20.8. The smallest absolute Gasteiger partial charge is 0.270 e. The van der Waals surface area contributed by atoms with Crippen LogP contribution in [-0.2, 0) is 11.8 Å². The van der Waals surface area contributed by atoms with Crippen molar-refractivity contribution in [3.8, 4) is 0 Å². The van der Waals surface area contributed by atoms with Crippen molar-refractivity contribution in [2.24, 2.45) is 7.05 Å². The second kappa shape index (κ2) is 6.21. The molecule has 0 bridgehead atoms. The molecule has 1 N–H and O–H groups in total. The van der Waals surface area contributed by atoms with E-state index in [1.165, 1.54) is 12.1 Å². The number of aryl methyl sites for hydroxylation is 2. The first-order valence-electron chi connectivity index (χ1n) is 8.43. The fraction of sp³-hybridized carbons (Fsp3) is 0.389. The molecule has 8 heteroatoms. The third-order valence-electron chi connectivity index (χ3n) is 5.00. The number of aromatic amines is 1. The van der Waals surface area contributed by atoms with Gasteiger partial charge < -0.3 is 14.6 Å². The molecule has 1 fully saturated rings. The van der Waals surface area contributed by atoms with E-state index in [2.05, 4.69) is 15.3 Å². The second-order valence-electron chi connectivity index (χ2n) is 6.77. The molecule has 0 saturated carbocycles. The summed E-state index contributed by atoms with van der Waals surface area (Å²) in [6, 6.07) is 4.65. The number of ether oxygens (including phenoxy) is 1. The normalized spacial score (nSPS) is 20.2. The summed E-state index contributed by atoms with van der Waals surface area (Å²) in [5.74, 6) is -0.477. The van der Waals surface area contributed by atoms with Crippen molar-refractivity contribution in [2.75, 3.05) is 20.2 Å². The summed E-state index contributed by atoms with van der Waals surface area (Å²) in [5, 5.41) is 8.98. The average Bonchev–Trinajstić information content (AvgIpc) is 3.30. The van der Waals surface area contributed by atoms with Gasteiger partial charge >= 0.3 is 0 Å². The van der Waals surface area contributed by atoms with E-state index in [4.69, 9.17) is 4.74 Å². The number of nitrogens with zero attached hydrogens (tertiary/aromatic N) is 4. The third kappa shape index (κ3) is 2.76. The standard InChI is InChI=1S/C18H20FN5O2/c1-10-4-11(19)5-14-12(10)6-15(20-14)18(25)24-7-13(17(9-24)26-3)16-8-23(2)22-21-16/h4-6,8,13,17,20H,7,9H2,1-3H3/t13-,17+/m0/s1. The van der Waals surface area contributed by atoms with E-state index in [1.807, 2.05) is 20.2 Å². The molecule has 136 valence electrons. The molecular weight excluding hydrogens is 337 g/mol. The van der Waals surface area contributed by atoms with Crippen molar-refractivity contribution >= 4 is 16.8 Å². The zero-order valence-corrected chi connectivity index (χ0v) is 14.9. The number of carbonyl (C=O) groups excluding carboxylic acids is 1. The molecule has 0 radical (unpaired) electrons. The summed E-state index contributed by atoms with van der Waals surface area (Å²) >= 11 is 0. The van der Waals surface area contributed by atoms with Crippen LogP contribution in [0.5, 0.6) is 0 Å². The molecule has 7 nitrogen and oxygen atoms in total. The summed E-state index contributed by atoms with van der Waals surface area (Å²) in [7, 11) is 3.44. The molecule has 4 rings (SSSR count). The van der Waals surface area contributed by atoms with Gasteiger partial charge in [0.25, 0.3) is 5.91 Å². The van der Waals surface area contributed by atoms with Gasteiger partial charge in [-0.3, -0.25) is 9.48 Å². The number of hydrogen-bond acceptors (Lipinski definition) is 4. The van der Waals surface area contributed by atoms with Crippen LogP contribution < -0.4 is 0 Å². The molecule has 1 aliphatic heterocycles. The predicted octanol–water partition coefficient (Wildman–Crippen LogP) is 2.00. The minimum atomic E-state index is -0.320. The Hall–Kier alpha value is -2.74. The van der Waals surface area contributed by atoms with Crippen molar-refractivity contribution in [2.45, 2.75) is 18.9 Å². The molecule has 1 saturated heterocycles. The monoisotopic (exact) mass is 357 g/mol. The lowest BCUT2D eigenvalue weighted by molar-refractivity contribution is 0.0710. The molecule has 3 aromatic rings. The number of aromatic nitrogens is 4. The van der Waals surface area contributed by atoms with Gasteiger partial charge in [0.1, 0.15) is 11.5 Å². The number of nitrogens with one attached hydrogen (secondary N) is 1. The van der Waals surface area contributed by atoms with Gasteiger partial charge in [0.2, 0.25) is 0 Å². The molecule has 26 heavy (non-hydrogen) atoms. The molecule has 2 atom stereocenters. The van der Waals surface area contributed by atoms with Crippen LogP contribution in [0.3, 0.4) is 0 Å². The van der Waals surface area contributed by atoms with Crippen molar-refractivity contribution in [3.63, 3.8) is 0 Å². The van der Waals surface area contributed by atoms with Crippen LogP contribution in [0, 0.1) is 12.7 Å². The zero-order valence-electron chi connectivity index (χ0n) is 14.9. The molecule has 1 aliphatic rings. The summed E-state index contributed by atoms with van der Waals surface area (Å²) in [4.78, 5) is 17.7. The number of rotatable bonds is 3. The highest BCUT2D eigenvalue weighted by atomic mass is 19.1. The number of H-pyrrole nitrogens is 1. The van der Waals surface area contributed by atoms with Crippen LogP contribution in [-0.4, -0.2) is 57.1 Å². The van der Waals surface area contributed by atoms with Gasteiger partial charge in [0, 0.05) is 44.3 Å². The molecule has 3 heterocycles. The lowest BCUT2D eigenvalue weighted by Crippen LogP contribution is -2.30. The highest BCUT2D eigenvalue weighted by Crippen LogP contribution is 2.30. The molecule has 0 aliphatic carbocycles. The Labute approximate surface area is 149 Å². The summed E-state index contributed by atoms with van der Waals surface area (Å²) in [5.41, 5.74) is 2.68. The highest BCUT2D eigenvalue weighted by molar-refractivity contribution is 5.99. The van der Waals surface area contributed by atoms with Gasteiger partial charge in [-0.05, 0) is 30.7 Å². The minimum absolute atomic E-state index is 0.0267. The third-order valence-corrected chi connectivity index (χ3v) is 5.00. The number of methoxy groups -OCH3 is 1. The first-order valence-corrected chi connectivity index (χ1v) is 8.43. The van der Waals surface area contributed by atoms with E-state index in [9.17, 15) is 9.18 Å². The lowest BCUT2D eigenvalue weighted by atomic mass is 10.0. The van der Waals surface area contributed by atoms with Crippen molar-refractivity contribution in [3.05, 3.63) is 47.2 Å². The van der Waals surface area contributed by atoms with Crippen LogP contribution in [0.25, 0.3) is 10.9 Å². The topological polar surface area (TPSA) is 76.0 Å². The van der Waals surface area contributed by atoms with E-state index >= 15 is 0 Å². The Morgan fingerprint density at radius 3 is 2.85 bits per heavy atom. The Balaban J connectivity index is 1.61. The number of fused-ring (bicyclic) bond motifs is 1. The number of benzene rings is 1. The Kier molecular flexibility index (Phi) is 3.99. The average molecular weight is 357 g/mol. The maximum Gasteiger partial charge on any atom is 0.270 e. The van der Waals surface area contributed by atoms with Crippen molar-refractivity contribution < 1.29 is 13.9 Å². The van der Waals surface area contributed by atoms with Gasteiger partial charge in [-0.1, -0.05) is 5.21 Å². The Bertz CT molecular complexity index is 979. The number of carbonyl (C=O) groups is 1. The first-order chi connectivity index (χ1) is 12.5. The number of halogens is 1. The van der Waals surface area contributed by atoms with Crippen molar-refractivity contribution in [1.29, 1.82) is 0 Å².